The van der Waals surface area contributed by atoms with E-state index in [9.17, 15) is 24.5 Å². The van der Waals surface area contributed by atoms with Crippen molar-refractivity contribution in [1.82, 2.24) is 10.2 Å². The summed E-state index contributed by atoms with van der Waals surface area (Å²) in [5, 5.41) is 13.6. The van der Waals surface area contributed by atoms with Crippen LogP contribution in [-0.4, -0.2) is 62.3 Å². The van der Waals surface area contributed by atoms with E-state index >= 15 is 0 Å². The summed E-state index contributed by atoms with van der Waals surface area (Å²) in [6.45, 7) is 2.38. The fourth-order valence-corrected chi connectivity index (χ4v) is 5.55. The molecule has 2 aliphatic rings. The van der Waals surface area contributed by atoms with Gasteiger partial charge in [0.15, 0.2) is 5.12 Å². The van der Waals surface area contributed by atoms with Gasteiger partial charge in [0.05, 0.1) is 10.7 Å². The first-order valence-electron chi connectivity index (χ1n) is 9.05. The number of thioether (sulfide) groups is 2. The molecule has 0 saturated carbocycles. The highest BCUT2D eigenvalue weighted by Crippen LogP contribution is 2.35. The summed E-state index contributed by atoms with van der Waals surface area (Å²) in [5.74, 6) is 0.323. The molecule has 1 N–H and O–H groups in total. The molecular weight excluding hydrogens is 418 g/mol. The molecule has 2 amide bonds. The molecule has 1 aromatic carbocycles. The first-order valence-corrected chi connectivity index (χ1v) is 11.0. The van der Waals surface area contributed by atoms with E-state index in [1.165, 1.54) is 42.6 Å². The van der Waals surface area contributed by atoms with E-state index < -0.39 is 11.0 Å². The van der Waals surface area contributed by atoms with E-state index in [4.69, 9.17) is 4.74 Å². The van der Waals surface area contributed by atoms with Crippen LogP contribution in [0.1, 0.15) is 18.9 Å². The molecule has 156 valence electrons. The number of non-ortho nitro benzene ring substituents is 1. The molecule has 11 heteroatoms. The number of rotatable bonds is 5. The van der Waals surface area contributed by atoms with Gasteiger partial charge < -0.3 is 15.0 Å². The molecular formula is C18H21N3O6S2. The van der Waals surface area contributed by atoms with Crippen molar-refractivity contribution in [2.45, 2.75) is 36.5 Å². The first-order chi connectivity index (χ1) is 13.8. The van der Waals surface area contributed by atoms with Crippen molar-refractivity contribution >= 4 is 46.3 Å². The van der Waals surface area contributed by atoms with E-state index in [1.54, 1.807) is 17.0 Å². The van der Waals surface area contributed by atoms with Crippen LogP contribution in [0.3, 0.4) is 0 Å². The zero-order chi connectivity index (χ0) is 21.0. The summed E-state index contributed by atoms with van der Waals surface area (Å²) in [7, 11) is 0. The van der Waals surface area contributed by atoms with Crippen molar-refractivity contribution in [1.29, 1.82) is 0 Å². The molecule has 0 bridgehead atoms. The van der Waals surface area contributed by atoms with Crippen LogP contribution in [0.25, 0.3) is 0 Å². The number of nitro groups is 1. The maximum atomic E-state index is 12.7. The molecule has 0 aromatic heterocycles. The molecule has 2 saturated heterocycles. The van der Waals surface area contributed by atoms with E-state index in [0.29, 0.717) is 30.8 Å². The van der Waals surface area contributed by atoms with Crippen LogP contribution in [0.15, 0.2) is 24.3 Å². The van der Waals surface area contributed by atoms with E-state index in [0.717, 1.165) is 0 Å². The highest BCUT2D eigenvalue weighted by molar-refractivity contribution is 8.14. The molecule has 1 unspecified atom stereocenters. The summed E-state index contributed by atoms with van der Waals surface area (Å²) >= 11 is 2.73. The first kappa shape index (κ1) is 21.4. The van der Waals surface area contributed by atoms with Crippen LogP contribution < -0.4 is 5.32 Å². The normalized spacial score (nSPS) is 24.1. The second-order valence-electron chi connectivity index (χ2n) is 6.82. The third kappa shape index (κ3) is 5.63. The highest BCUT2D eigenvalue weighted by Gasteiger charge is 2.42. The SMILES string of the molecule is CC(=O)S[C@H]1C[C@@H](C2CNC(=O)CS2)N(C(=O)OCc2ccc([N+](=O)[O-])cc2)C1. The third-order valence-corrected chi connectivity index (χ3v) is 7.08. The van der Waals surface area contributed by atoms with E-state index in [1.807, 2.05) is 0 Å². The van der Waals surface area contributed by atoms with Gasteiger partial charge >= 0.3 is 6.09 Å². The summed E-state index contributed by atoms with van der Waals surface area (Å²) in [6.07, 6.45) is 0.169. The van der Waals surface area contributed by atoms with E-state index in [-0.39, 0.29) is 39.9 Å². The number of hydrogen-bond donors (Lipinski definition) is 1. The molecule has 2 aliphatic heterocycles. The minimum Gasteiger partial charge on any atom is -0.445 e. The molecule has 1 aromatic rings. The Labute approximate surface area is 176 Å². The number of amides is 2. The van der Waals surface area contributed by atoms with Gasteiger partial charge in [0.2, 0.25) is 5.91 Å². The standard InChI is InChI=1S/C18H21N3O6S2/c1-11(22)29-14-6-15(16-7-19-17(23)10-28-16)20(8-14)18(24)27-9-12-2-4-13(5-3-12)21(25)26/h2-5,14-16H,6-10H2,1H3,(H,19,23)/t14-,15-,16?/m0/s1. The largest absolute Gasteiger partial charge is 0.445 e. The Balaban J connectivity index is 1.63. The number of nitrogens with one attached hydrogen (secondary N) is 1. The summed E-state index contributed by atoms with van der Waals surface area (Å²) < 4.78 is 5.43. The Morgan fingerprint density at radius 3 is 2.69 bits per heavy atom. The maximum absolute atomic E-state index is 12.7. The Morgan fingerprint density at radius 1 is 1.38 bits per heavy atom. The van der Waals surface area contributed by atoms with Crippen molar-refractivity contribution in [3.8, 4) is 0 Å². The van der Waals surface area contributed by atoms with Gasteiger partial charge in [0, 0.05) is 48.7 Å². The predicted molar refractivity (Wildman–Crippen MR) is 110 cm³/mol. The van der Waals surface area contributed by atoms with Crippen molar-refractivity contribution in [2.75, 3.05) is 18.8 Å². The highest BCUT2D eigenvalue weighted by atomic mass is 32.2. The smallest absolute Gasteiger partial charge is 0.410 e. The van der Waals surface area contributed by atoms with Crippen LogP contribution >= 0.6 is 23.5 Å². The molecule has 2 fully saturated rings. The molecule has 3 rings (SSSR count). The van der Waals surface area contributed by atoms with Gasteiger partial charge in [-0.15, -0.1) is 11.8 Å². The number of ether oxygens (including phenoxy) is 1. The van der Waals surface area contributed by atoms with Crippen LogP contribution in [0.4, 0.5) is 10.5 Å². The van der Waals surface area contributed by atoms with Crippen molar-refractivity contribution < 1.29 is 24.0 Å². The minimum absolute atomic E-state index is 0.000512. The van der Waals surface area contributed by atoms with Crippen LogP contribution in [-0.2, 0) is 20.9 Å². The Hall–Kier alpha value is -2.27. The third-order valence-electron chi connectivity index (χ3n) is 4.74. The van der Waals surface area contributed by atoms with Crippen molar-refractivity contribution in [3.63, 3.8) is 0 Å². The van der Waals surface area contributed by atoms with Gasteiger partial charge in [0.1, 0.15) is 6.61 Å². The Bertz CT molecular complexity index is 793. The van der Waals surface area contributed by atoms with Gasteiger partial charge in [-0.3, -0.25) is 19.7 Å². The van der Waals surface area contributed by atoms with Crippen molar-refractivity contribution in [3.05, 3.63) is 39.9 Å². The number of benzene rings is 1. The average Bonchev–Trinajstić information content (AvgIpc) is 3.10. The Morgan fingerprint density at radius 2 is 2.10 bits per heavy atom. The number of nitro benzene ring substituents is 1. The van der Waals surface area contributed by atoms with Gasteiger partial charge in [-0.05, 0) is 24.1 Å². The lowest BCUT2D eigenvalue weighted by Gasteiger charge is -2.32. The van der Waals surface area contributed by atoms with Gasteiger partial charge in [-0.25, -0.2) is 4.79 Å². The molecule has 0 aliphatic carbocycles. The molecule has 3 atom stereocenters. The molecule has 9 nitrogen and oxygen atoms in total. The fraction of sp³-hybridized carbons (Fsp3) is 0.500. The molecule has 29 heavy (non-hydrogen) atoms. The molecule has 0 radical (unpaired) electrons. The number of carbonyl (C=O) groups is 3. The number of hydrogen-bond acceptors (Lipinski definition) is 8. The lowest BCUT2D eigenvalue weighted by molar-refractivity contribution is -0.384. The van der Waals surface area contributed by atoms with Gasteiger partial charge in [0.25, 0.3) is 5.69 Å². The van der Waals surface area contributed by atoms with E-state index in [2.05, 4.69) is 5.32 Å². The number of nitrogens with zero attached hydrogens (tertiary/aromatic N) is 2. The van der Waals surface area contributed by atoms with Crippen LogP contribution in [0.5, 0.6) is 0 Å². The second kappa shape index (κ2) is 9.49. The summed E-state index contributed by atoms with van der Waals surface area (Å²) in [5.41, 5.74) is 0.619. The monoisotopic (exact) mass is 439 g/mol. The molecule has 0 spiro atoms. The molecule has 2 heterocycles. The van der Waals surface area contributed by atoms with Gasteiger partial charge in [-0.2, -0.15) is 0 Å². The zero-order valence-electron chi connectivity index (χ0n) is 15.7. The lowest BCUT2D eigenvalue weighted by Crippen LogP contribution is -2.49. The average molecular weight is 440 g/mol. The number of carbonyl (C=O) groups excluding carboxylic acids is 3. The minimum atomic E-state index is -0.488. The summed E-state index contributed by atoms with van der Waals surface area (Å²) in [6, 6.07) is 5.69. The van der Waals surface area contributed by atoms with Crippen LogP contribution in [0.2, 0.25) is 0 Å². The topological polar surface area (TPSA) is 119 Å². The number of likely N-dealkylation sites (tertiary alicyclic amines) is 1. The quantitative estimate of drug-likeness (QED) is 0.548. The fourth-order valence-electron chi connectivity index (χ4n) is 3.40. The van der Waals surface area contributed by atoms with Crippen molar-refractivity contribution in [2.24, 2.45) is 0 Å². The second-order valence-corrected chi connectivity index (χ2v) is 9.52. The zero-order valence-corrected chi connectivity index (χ0v) is 17.4. The van der Waals surface area contributed by atoms with Crippen LogP contribution in [0, 0.1) is 10.1 Å². The lowest BCUT2D eigenvalue weighted by atomic mass is 10.1. The maximum Gasteiger partial charge on any atom is 0.410 e. The Kier molecular flexibility index (Phi) is 7.01. The van der Waals surface area contributed by atoms with Gasteiger partial charge in [-0.1, -0.05) is 11.8 Å². The summed E-state index contributed by atoms with van der Waals surface area (Å²) in [4.78, 5) is 47.6. The predicted octanol–water partition coefficient (Wildman–Crippen LogP) is 2.19.